The molecule has 2 rings (SSSR count). The van der Waals surface area contributed by atoms with E-state index in [9.17, 15) is 15.0 Å². The van der Waals surface area contributed by atoms with Crippen molar-refractivity contribution in [3.05, 3.63) is 33.8 Å². The largest absolute Gasteiger partial charge is 0.465 e. The molecule has 0 unspecified atom stereocenters. The first kappa shape index (κ1) is 14.4. The summed E-state index contributed by atoms with van der Waals surface area (Å²) in [6, 6.07) is 3.94. The molecule has 1 aliphatic rings. The number of rotatable bonds is 2. The number of carbonyl (C=O) groups is 1. The maximum Gasteiger partial charge on any atom is 0.407 e. The number of β-amino-alcohol motifs (C(OH)–C–C–N with tert-alkyl or cyclic N) is 1. The maximum absolute atomic E-state index is 11.1. The van der Waals surface area contributed by atoms with Crippen LogP contribution in [0.4, 0.5) is 4.79 Å². The Morgan fingerprint density at radius 2 is 2.05 bits per heavy atom. The number of hydrogen-bond acceptors (Lipinski definition) is 3. The molecule has 19 heavy (non-hydrogen) atoms. The van der Waals surface area contributed by atoms with E-state index < -0.39 is 24.3 Å². The Labute approximate surface area is 120 Å². The summed E-state index contributed by atoms with van der Waals surface area (Å²) >= 11 is 11.7. The van der Waals surface area contributed by atoms with Gasteiger partial charge in [-0.3, -0.25) is 4.90 Å². The third-order valence-electron chi connectivity index (χ3n) is 3.22. The van der Waals surface area contributed by atoms with Crippen molar-refractivity contribution in [2.75, 3.05) is 6.54 Å². The Kier molecular flexibility index (Phi) is 4.20. The molecule has 1 fully saturated rings. The van der Waals surface area contributed by atoms with Gasteiger partial charge >= 0.3 is 6.09 Å². The van der Waals surface area contributed by atoms with E-state index in [1.54, 1.807) is 12.1 Å². The zero-order valence-electron chi connectivity index (χ0n) is 9.83. The van der Waals surface area contributed by atoms with Gasteiger partial charge in [0.05, 0.1) is 34.8 Å². The molecular formula is C12H13Cl2NO4. The molecule has 0 aromatic heterocycles. The van der Waals surface area contributed by atoms with Crippen molar-refractivity contribution in [3.8, 4) is 0 Å². The van der Waals surface area contributed by atoms with Crippen LogP contribution in [0.3, 0.4) is 0 Å². The molecule has 1 heterocycles. The van der Waals surface area contributed by atoms with E-state index in [0.29, 0.717) is 15.6 Å². The number of likely N-dealkylation sites (tertiary alicyclic amines) is 1. The molecule has 0 aliphatic carbocycles. The Morgan fingerprint density at radius 1 is 1.37 bits per heavy atom. The predicted octanol–water partition coefficient (Wildman–Crippen LogP) is 2.14. The molecule has 1 amide bonds. The average Bonchev–Trinajstić information content (AvgIpc) is 2.74. The second-order valence-corrected chi connectivity index (χ2v) is 5.32. The Bertz CT molecular complexity index is 497. The predicted molar refractivity (Wildman–Crippen MR) is 70.6 cm³/mol. The Hall–Kier alpha value is -1.01. The van der Waals surface area contributed by atoms with Gasteiger partial charge in [-0.1, -0.05) is 29.3 Å². The lowest BCUT2D eigenvalue weighted by molar-refractivity contribution is 0.0677. The van der Waals surface area contributed by atoms with Crippen molar-refractivity contribution in [1.82, 2.24) is 4.90 Å². The number of nitrogens with zero attached hydrogens (tertiary/aromatic N) is 1. The summed E-state index contributed by atoms with van der Waals surface area (Å²) in [7, 11) is 0. The van der Waals surface area contributed by atoms with Gasteiger partial charge in [-0.05, 0) is 24.1 Å². The normalized spacial score (nSPS) is 24.5. The molecule has 0 spiro atoms. The van der Waals surface area contributed by atoms with Crippen LogP contribution in [0.15, 0.2) is 18.2 Å². The van der Waals surface area contributed by atoms with Crippen LogP contribution in [0.25, 0.3) is 0 Å². The fraction of sp³-hybridized carbons (Fsp3) is 0.417. The highest BCUT2D eigenvalue weighted by Crippen LogP contribution is 2.32. The number of aliphatic hydroxyl groups excluding tert-OH is 2. The molecule has 0 radical (unpaired) electrons. The van der Waals surface area contributed by atoms with Crippen molar-refractivity contribution in [2.45, 2.75) is 24.7 Å². The summed E-state index contributed by atoms with van der Waals surface area (Å²) in [6.07, 6.45) is -2.80. The van der Waals surface area contributed by atoms with Gasteiger partial charge in [-0.2, -0.15) is 0 Å². The zero-order valence-corrected chi connectivity index (χ0v) is 11.3. The lowest BCUT2D eigenvalue weighted by Crippen LogP contribution is -2.38. The zero-order chi connectivity index (χ0) is 14.2. The highest BCUT2D eigenvalue weighted by molar-refractivity contribution is 6.42. The van der Waals surface area contributed by atoms with Gasteiger partial charge < -0.3 is 15.3 Å². The van der Waals surface area contributed by atoms with Crippen LogP contribution in [0.1, 0.15) is 18.1 Å². The highest BCUT2D eigenvalue weighted by Gasteiger charge is 2.39. The number of amides is 1. The van der Waals surface area contributed by atoms with Crippen LogP contribution in [0, 0.1) is 0 Å². The molecular weight excluding hydrogens is 293 g/mol. The molecule has 5 nitrogen and oxygen atoms in total. The smallest absolute Gasteiger partial charge is 0.407 e. The number of hydrogen-bond donors (Lipinski definition) is 3. The molecule has 7 heteroatoms. The van der Waals surface area contributed by atoms with Gasteiger partial charge in [0.25, 0.3) is 0 Å². The van der Waals surface area contributed by atoms with E-state index in [2.05, 4.69) is 0 Å². The van der Waals surface area contributed by atoms with E-state index in [0.717, 1.165) is 4.90 Å². The van der Waals surface area contributed by atoms with Crippen LogP contribution >= 0.6 is 23.2 Å². The number of aliphatic hydroxyl groups is 2. The van der Waals surface area contributed by atoms with Crippen molar-refractivity contribution in [3.63, 3.8) is 0 Å². The second kappa shape index (κ2) is 5.54. The molecule has 104 valence electrons. The lowest BCUT2D eigenvalue weighted by Gasteiger charge is -2.26. The molecule has 1 aliphatic heterocycles. The topological polar surface area (TPSA) is 81.0 Å². The first-order valence-electron chi connectivity index (χ1n) is 5.70. The van der Waals surface area contributed by atoms with Crippen molar-refractivity contribution in [2.24, 2.45) is 0 Å². The van der Waals surface area contributed by atoms with Crippen molar-refractivity contribution < 1.29 is 20.1 Å². The van der Waals surface area contributed by atoms with E-state index in [4.69, 9.17) is 28.3 Å². The fourth-order valence-corrected chi connectivity index (χ4v) is 2.59. The minimum Gasteiger partial charge on any atom is -0.465 e. The molecule has 0 saturated carbocycles. The molecule has 1 saturated heterocycles. The van der Waals surface area contributed by atoms with Gasteiger partial charge in [0, 0.05) is 0 Å². The van der Waals surface area contributed by atoms with E-state index in [1.165, 1.54) is 6.07 Å². The third kappa shape index (κ3) is 2.95. The summed E-state index contributed by atoms with van der Waals surface area (Å²) in [5.41, 5.74) is 0.472. The summed E-state index contributed by atoms with van der Waals surface area (Å²) in [5.74, 6) is 0. The summed E-state index contributed by atoms with van der Waals surface area (Å²) in [4.78, 5) is 12.1. The van der Waals surface area contributed by atoms with Crippen molar-refractivity contribution in [1.29, 1.82) is 0 Å². The number of benzene rings is 1. The van der Waals surface area contributed by atoms with Crippen LogP contribution in [0.2, 0.25) is 10.0 Å². The van der Waals surface area contributed by atoms with Gasteiger partial charge in [-0.15, -0.1) is 0 Å². The standard InChI is InChI=1S/C12H13Cl2NO4/c13-8-2-1-6(3-9(8)14)11(17)10-4-7(16)5-15(10)12(18)19/h1-3,7,10-11,16-17H,4-5H2,(H,18,19)/t7-,10+,11+/m1/s1. The van der Waals surface area contributed by atoms with Crippen LogP contribution in [-0.2, 0) is 0 Å². The lowest BCUT2D eigenvalue weighted by atomic mass is 10.00. The van der Waals surface area contributed by atoms with Gasteiger partial charge in [0.2, 0.25) is 0 Å². The molecule has 0 bridgehead atoms. The third-order valence-corrected chi connectivity index (χ3v) is 3.96. The number of carboxylic acid groups (broad SMARTS) is 1. The second-order valence-electron chi connectivity index (χ2n) is 4.51. The van der Waals surface area contributed by atoms with Crippen LogP contribution < -0.4 is 0 Å². The SMILES string of the molecule is O=C(O)N1C[C@H](O)C[C@H]1[C@@H](O)c1ccc(Cl)c(Cl)c1. The summed E-state index contributed by atoms with van der Waals surface area (Å²) < 4.78 is 0. The summed E-state index contributed by atoms with van der Waals surface area (Å²) in [5, 5.41) is 29.5. The summed E-state index contributed by atoms with van der Waals surface area (Å²) in [6.45, 7) is -0.00161. The van der Waals surface area contributed by atoms with Crippen LogP contribution in [0.5, 0.6) is 0 Å². The average molecular weight is 306 g/mol. The first-order chi connectivity index (χ1) is 8.90. The van der Waals surface area contributed by atoms with E-state index >= 15 is 0 Å². The quantitative estimate of drug-likeness (QED) is 0.782. The first-order valence-corrected chi connectivity index (χ1v) is 6.46. The monoisotopic (exact) mass is 305 g/mol. The molecule has 3 atom stereocenters. The van der Waals surface area contributed by atoms with Gasteiger partial charge in [0.15, 0.2) is 0 Å². The van der Waals surface area contributed by atoms with E-state index in [1.807, 2.05) is 0 Å². The molecule has 3 N–H and O–H groups in total. The van der Waals surface area contributed by atoms with Gasteiger partial charge in [-0.25, -0.2) is 4.79 Å². The Balaban J connectivity index is 2.24. The van der Waals surface area contributed by atoms with E-state index in [-0.39, 0.29) is 13.0 Å². The number of halogens is 2. The maximum atomic E-state index is 11.1. The highest BCUT2D eigenvalue weighted by atomic mass is 35.5. The fourth-order valence-electron chi connectivity index (χ4n) is 2.28. The van der Waals surface area contributed by atoms with Crippen LogP contribution in [-0.4, -0.2) is 45.0 Å². The Morgan fingerprint density at radius 3 is 2.63 bits per heavy atom. The van der Waals surface area contributed by atoms with Crippen molar-refractivity contribution >= 4 is 29.3 Å². The minimum atomic E-state index is -1.17. The molecule has 1 aromatic carbocycles. The minimum absolute atomic E-state index is 0.00161. The molecule has 1 aromatic rings. The van der Waals surface area contributed by atoms with Gasteiger partial charge in [0.1, 0.15) is 0 Å².